The Balaban J connectivity index is 1.98. The smallest absolute Gasteiger partial charge is 0.328 e. The number of nitrogens with zero attached hydrogens (tertiary/aromatic N) is 2. The van der Waals surface area contributed by atoms with Crippen LogP contribution in [0.2, 0.25) is 5.02 Å². The van der Waals surface area contributed by atoms with Crippen molar-refractivity contribution in [2.24, 2.45) is 0 Å². The van der Waals surface area contributed by atoms with Crippen LogP contribution in [0.4, 0.5) is 0 Å². The fraction of sp³-hybridized carbons (Fsp3) is 0.400. The number of hydrogen-bond acceptors (Lipinski definition) is 2. The molecule has 0 amide bonds. The van der Waals surface area contributed by atoms with E-state index in [1.54, 1.807) is 9.13 Å². The summed E-state index contributed by atoms with van der Waals surface area (Å²) in [7, 11) is 0. The van der Waals surface area contributed by atoms with E-state index in [0.717, 1.165) is 23.3 Å². The fourth-order valence-corrected chi connectivity index (χ4v) is 2.85. The van der Waals surface area contributed by atoms with Crippen LogP contribution in [-0.2, 0) is 13.0 Å². The van der Waals surface area contributed by atoms with Gasteiger partial charge in [0.15, 0.2) is 0 Å². The molecule has 0 bridgehead atoms. The summed E-state index contributed by atoms with van der Waals surface area (Å²) in [6, 6.07) is 3.98. The second-order valence-corrected chi connectivity index (χ2v) is 5.80. The Morgan fingerprint density at radius 3 is 2.85 bits per heavy atom. The predicted octanol–water partition coefficient (Wildman–Crippen LogP) is 2.87. The molecule has 0 saturated carbocycles. The van der Waals surface area contributed by atoms with E-state index in [2.05, 4.69) is 0 Å². The van der Waals surface area contributed by atoms with Gasteiger partial charge in [0.1, 0.15) is 5.75 Å². The molecular weight excluding hydrogens is 276 g/mol. The summed E-state index contributed by atoms with van der Waals surface area (Å²) in [6.45, 7) is 5.16. The predicted molar refractivity (Wildman–Crippen MR) is 78.8 cm³/mol. The molecule has 0 radical (unpaired) electrons. The van der Waals surface area contributed by atoms with Gasteiger partial charge in [-0.3, -0.25) is 9.13 Å². The van der Waals surface area contributed by atoms with E-state index in [1.807, 2.05) is 38.4 Å². The molecule has 0 N–H and O–H groups in total. The Hall–Kier alpha value is -1.68. The molecule has 5 heteroatoms. The molecule has 0 saturated heterocycles. The number of hydrogen-bond donors (Lipinski definition) is 0. The van der Waals surface area contributed by atoms with Crippen LogP contribution in [-0.4, -0.2) is 15.7 Å². The van der Waals surface area contributed by atoms with Crippen LogP contribution >= 0.6 is 11.6 Å². The second-order valence-electron chi connectivity index (χ2n) is 5.36. The normalized spacial score (nSPS) is 13.6. The number of aromatic nitrogens is 2. The summed E-state index contributed by atoms with van der Waals surface area (Å²) in [6.07, 6.45) is 4.51. The monoisotopic (exact) mass is 292 g/mol. The van der Waals surface area contributed by atoms with Gasteiger partial charge in [-0.2, -0.15) is 0 Å². The van der Waals surface area contributed by atoms with Crippen molar-refractivity contribution < 1.29 is 4.74 Å². The zero-order valence-corrected chi connectivity index (χ0v) is 12.4. The highest BCUT2D eigenvalue weighted by atomic mass is 35.5. The summed E-state index contributed by atoms with van der Waals surface area (Å²) in [5.74, 6) is 0.888. The van der Waals surface area contributed by atoms with Crippen LogP contribution in [0.15, 0.2) is 29.3 Å². The molecule has 1 aromatic carbocycles. The Kier molecular flexibility index (Phi) is 3.34. The van der Waals surface area contributed by atoms with E-state index in [-0.39, 0.29) is 11.7 Å². The van der Waals surface area contributed by atoms with Crippen molar-refractivity contribution >= 4 is 11.6 Å². The summed E-state index contributed by atoms with van der Waals surface area (Å²) >= 11 is 6.14. The van der Waals surface area contributed by atoms with Crippen molar-refractivity contribution in [3.05, 3.63) is 51.2 Å². The maximum absolute atomic E-state index is 12.3. The van der Waals surface area contributed by atoms with Crippen molar-refractivity contribution in [3.8, 4) is 5.75 Å². The van der Waals surface area contributed by atoms with E-state index in [0.29, 0.717) is 18.2 Å². The Morgan fingerprint density at radius 2 is 2.15 bits per heavy atom. The van der Waals surface area contributed by atoms with E-state index in [4.69, 9.17) is 16.3 Å². The molecule has 1 aliphatic heterocycles. The van der Waals surface area contributed by atoms with E-state index >= 15 is 0 Å². The van der Waals surface area contributed by atoms with Crippen molar-refractivity contribution in [1.29, 1.82) is 0 Å². The number of ether oxygens (including phenoxy) is 1. The summed E-state index contributed by atoms with van der Waals surface area (Å²) in [5.41, 5.74) is 2.09. The molecule has 0 unspecified atom stereocenters. The van der Waals surface area contributed by atoms with Crippen LogP contribution in [0.25, 0.3) is 0 Å². The molecule has 1 aliphatic rings. The van der Waals surface area contributed by atoms with Crippen molar-refractivity contribution in [1.82, 2.24) is 9.13 Å². The molecule has 2 heterocycles. The van der Waals surface area contributed by atoms with E-state index < -0.39 is 0 Å². The highest BCUT2D eigenvalue weighted by Crippen LogP contribution is 2.33. The largest absolute Gasteiger partial charge is 0.493 e. The lowest BCUT2D eigenvalue weighted by Gasteiger charge is -2.09. The summed E-state index contributed by atoms with van der Waals surface area (Å²) in [4.78, 5) is 12.3. The third-order valence-electron chi connectivity index (χ3n) is 3.60. The molecule has 1 aromatic heterocycles. The molecule has 0 atom stereocenters. The highest BCUT2D eigenvalue weighted by molar-refractivity contribution is 6.30. The minimum absolute atomic E-state index is 0.00766. The Bertz CT molecular complexity index is 700. The van der Waals surface area contributed by atoms with Crippen molar-refractivity contribution in [3.63, 3.8) is 0 Å². The van der Waals surface area contributed by atoms with Gasteiger partial charge in [0.2, 0.25) is 0 Å². The molecule has 0 aliphatic carbocycles. The average Bonchev–Trinajstić information content (AvgIpc) is 2.97. The van der Waals surface area contributed by atoms with Crippen molar-refractivity contribution in [2.45, 2.75) is 32.9 Å². The lowest BCUT2D eigenvalue weighted by Crippen LogP contribution is -2.25. The van der Waals surface area contributed by atoms with Gasteiger partial charge in [-0.15, -0.1) is 0 Å². The maximum Gasteiger partial charge on any atom is 0.328 e. The highest BCUT2D eigenvalue weighted by Gasteiger charge is 2.18. The maximum atomic E-state index is 12.3. The van der Waals surface area contributed by atoms with Crippen LogP contribution in [0.5, 0.6) is 5.75 Å². The molecule has 0 spiro atoms. The lowest BCUT2D eigenvalue weighted by molar-refractivity contribution is 0.352. The third kappa shape index (κ3) is 2.24. The first-order valence-electron chi connectivity index (χ1n) is 6.77. The van der Waals surface area contributed by atoms with Crippen LogP contribution in [0.1, 0.15) is 31.0 Å². The summed E-state index contributed by atoms with van der Waals surface area (Å²) in [5, 5.41) is 0.695. The number of imidazole rings is 1. The average molecular weight is 293 g/mol. The van der Waals surface area contributed by atoms with Gasteiger partial charge < -0.3 is 4.74 Å². The standard InChI is InChI=1S/C15H17ClN2O2/c1-10(2)18-5-4-17(15(18)19)9-12-8-13(16)7-11-3-6-20-14(11)12/h4-5,7-8,10H,3,6,9H2,1-2H3. The Morgan fingerprint density at radius 1 is 1.35 bits per heavy atom. The fourth-order valence-electron chi connectivity index (χ4n) is 2.59. The number of fused-ring (bicyclic) bond motifs is 1. The first kappa shape index (κ1) is 13.3. The van der Waals surface area contributed by atoms with Crippen LogP contribution in [0.3, 0.4) is 0 Å². The van der Waals surface area contributed by atoms with Gasteiger partial charge in [-0.05, 0) is 31.5 Å². The number of rotatable bonds is 3. The van der Waals surface area contributed by atoms with Crippen LogP contribution in [0, 0.1) is 0 Å². The topological polar surface area (TPSA) is 36.2 Å². The zero-order chi connectivity index (χ0) is 14.3. The quantitative estimate of drug-likeness (QED) is 0.872. The van der Waals surface area contributed by atoms with Crippen molar-refractivity contribution in [2.75, 3.05) is 6.61 Å². The molecule has 0 fully saturated rings. The van der Waals surface area contributed by atoms with Crippen LogP contribution < -0.4 is 10.4 Å². The Labute approximate surface area is 122 Å². The minimum Gasteiger partial charge on any atom is -0.493 e. The molecule has 4 nitrogen and oxygen atoms in total. The van der Waals surface area contributed by atoms with E-state index in [1.165, 1.54) is 0 Å². The minimum atomic E-state index is -0.00766. The number of benzene rings is 1. The third-order valence-corrected chi connectivity index (χ3v) is 3.81. The molecule has 2 aromatic rings. The second kappa shape index (κ2) is 5.02. The molecule has 20 heavy (non-hydrogen) atoms. The zero-order valence-electron chi connectivity index (χ0n) is 11.6. The van der Waals surface area contributed by atoms with Gasteiger partial charge >= 0.3 is 5.69 Å². The number of halogens is 1. The van der Waals surface area contributed by atoms with Gasteiger partial charge in [0.25, 0.3) is 0 Å². The summed E-state index contributed by atoms with van der Waals surface area (Å²) < 4.78 is 9.07. The van der Waals surface area contributed by atoms with Gasteiger partial charge in [-0.1, -0.05) is 11.6 Å². The van der Waals surface area contributed by atoms with Gasteiger partial charge in [-0.25, -0.2) is 4.79 Å². The first-order chi connectivity index (χ1) is 9.56. The van der Waals surface area contributed by atoms with Gasteiger partial charge in [0, 0.05) is 35.4 Å². The van der Waals surface area contributed by atoms with Gasteiger partial charge in [0.05, 0.1) is 13.2 Å². The molecular formula is C15H17ClN2O2. The molecule has 106 valence electrons. The molecule has 3 rings (SSSR count). The first-order valence-corrected chi connectivity index (χ1v) is 7.15. The SMILES string of the molecule is CC(C)n1ccn(Cc2cc(Cl)cc3c2OCC3)c1=O. The van der Waals surface area contributed by atoms with E-state index in [9.17, 15) is 4.79 Å². The lowest BCUT2D eigenvalue weighted by atomic mass is 10.1.